The standard InChI is InChI=1S/C17H19N3O2S/c1-2-15(21)11-20(14-6-4-3-5-7-14)12-16(22)19-17-13(10-18)8-9-23-17/h3-9,15,21H,2,11-12H2,1H3,(H,19,22)/t15-/m0/s1. The van der Waals surface area contributed by atoms with E-state index < -0.39 is 6.10 Å². The van der Waals surface area contributed by atoms with Crippen molar-refractivity contribution in [3.63, 3.8) is 0 Å². The quantitative estimate of drug-likeness (QED) is 0.819. The van der Waals surface area contributed by atoms with Crippen LogP contribution in [0.4, 0.5) is 10.7 Å². The summed E-state index contributed by atoms with van der Waals surface area (Å²) in [6.07, 6.45) is 0.119. The van der Waals surface area contributed by atoms with Crippen molar-refractivity contribution in [3.8, 4) is 6.07 Å². The predicted molar refractivity (Wildman–Crippen MR) is 92.6 cm³/mol. The van der Waals surface area contributed by atoms with E-state index in [1.165, 1.54) is 11.3 Å². The van der Waals surface area contributed by atoms with E-state index in [1.807, 2.05) is 48.2 Å². The summed E-state index contributed by atoms with van der Waals surface area (Å²) in [4.78, 5) is 14.1. The third-order valence-electron chi connectivity index (χ3n) is 3.40. The Hall–Kier alpha value is -2.36. The van der Waals surface area contributed by atoms with Crippen LogP contribution in [0.3, 0.4) is 0 Å². The summed E-state index contributed by atoms with van der Waals surface area (Å²) >= 11 is 1.32. The fraction of sp³-hybridized carbons (Fsp3) is 0.294. The van der Waals surface area contributed by atoms with Crippen molar-refractivity contribution in [2.45, 2.75) is 19.4 Å². The van der Waals surface area contributed by atoms with Gasteiger partial charge in [-0.1, -0.05) is 25.1 Å². The molecule has 0 aliphatic heterocycles. The van der Waals surface area contributed by atoms with Gasteiger partial charge in [-0.25, -0.2) is 0 Å². The minimum atomic E-state index is -0.501. The van der Waals surface area contributed by atoms with Crippen LogP contribution in [-0.2, 0) is 4.79 Å². The normalized spacial score (nSPS) is 11.5. The van der Waals surface area contributed by atoms with Gasteiger partial charge in [0.25, 0.3) is 0 Å². The van der Waals surface area contributed by atoms with E-state index in [1.54, 1.807) is 11.4 Å². The van der Waals surface area contributed by atoms with Crippen molar-refractivity contribution in [3.05, 3.63) is 47.3 Å². The lowest BCUT2D eigenvalue weighted by atomic mass is 10.2. The Morgan fingerprint density at radius 3 is 2.78 bits per heavy atom. The molecule has 2 rings (SSSR count). The smallest absolute Gasteiger partial charge is 0.244 e. The molecule has 23 heavy (non-hydrogen) atoms. The molecule has 0 saturated carbocycles. The van der Waals surface area contributed by atoms with E-state index in [9.17, 15) is 9.90 Å². The molecule has 0 aliphatic rings. The molecule has 2 aromatic rings. The van der Waals surface area contributed by atoms with Crippen LogP contribution in [0.5, 0.6) is 0 Å². The van der Waals surface area contributed by atoms with E-state index >= 15 is 0 Å². The molecule has 1 aromatic carbocycles. The number of benzene rings is 1. The van der Waals surface area contributed by atoms with Gasteiger partial charge in [0.15, 0.2) is 0 Å². The monoisotopic (exact) mass is 329 g/mol. The van der Waals surface area contributed by atoms with Gasteiger partial charge < -0.3 is 15.3 Å². The first-order valence-electron chi connectivity index (χ1n) is 7.39. The Labute approximate surface area is 139 Å². The summed E-state index contributed by atoms with van der Waals surface area (Å²) in [6, 6.07) is 13.2. The number of nitrogens with one attached hydrogen (secondary N) is 1. The molecule has 1 aromatic heterocycles. The zero-order valence-corrected chi connectivity index (χ0v) is 13.7. The maximum absolute atomic E-state index is 12.3. The van der Waals surface area contributed by atoms with Gasteiger partial charge in [-0.3, -0.25) is 4.79 Å². The number of thiophene rings is 1. The lowest BCUT2D eigenvalue weighted by Gasteiger charge is -2.26. The van der Waals surface area contributed by atoms with Crippen LogP contribution < -0.4 is 10.2 Å². The molecule has 5 nitrogen and oxygen atoms in total. The molecule has 2 N–H and O–H groups in total. The van der Waals surface area contributed by atoms with Crippen molar-refractivity contribution in [2.24, 2.45) is 0 Å². The lowest BCUT2D eigenvalue weighted by Crippen LogP contribution is -2.38. The Balaban J connectivity index is 2.08. The summed E-state index contributed by atoms with van der Waals surface area (Å²) in [5.41, 5.74) is 1.34. The van der Waals surface area contributed by atoms with Crippen molar-refractivity contribution < 1.29 is 9.90 Å². The molecule has 0 unspecified atom stereocenters. The highest BCUT2D eigenvalue weighted by molar-refractivity contribution is 7.14. The average molecular weight is 329 g/mol. The van der Waals surface area contributed by atoms with Crippen molar-refractivity contribution in [1.82, 2.24) is 0 Å². The van der Waals surface area contributed by atoms with E-state index in [0.717, 1.165) is 5.69 Å². The van der Waals surface area contributed by atoms with E-state index in [4.69, 9.17) is 5.26 Å². The number of aliphatic hydroxyl groups is 1. The van der Waals surface area contributed by atoms with E-state index in [2.05, 4.69) is 5.32 Å². The number of hydrogen-bond acceptors (Lipinski definition) is 5. The average Bonchev–Trinajstić information content (AvgIpc) is 3.01. The highest BCUT2D eigenvalue weighted by Gasteiger charge is 2.16. The molecule has 0 aliphatic carbocycles. The van der Waals surface area contributed by atoms with Gasteiger partial charge in [0.1, 0.15) is 11.1 Å². The van der Waals surface area contributed by atoms with Gasteiger partial charge in [-0.2, -0.15) is 5.26 Å². The summed E-state index contributed by atoms with van der Waals surface area (Å²) in [6.45, 7) is 2.39. The number of aliphatic hydroxyl groups excluding tert-OH is 1. The molecular formula is C17H19N3O2S. The lowest BCUT2D eigenvalue weighted by molar-refractivity contribution is -0.115. The number of carbonyl (C=O) groups is 1. The van der Waals surface area contributed by atoms with Crippen molar-refractivity contribution >= 4 is 27.9 Å². The Morgan fingerprint density at radius 2 is 2.13 bits per heavy atom. The second-order valence-corrected chi connectivity index (χ2v) is 6.02. The summed E-state index contributed by atoms with van der Waals surface area (Å²) in [7, 11) is 0. The largest absolute Gasteiger partial charge is 0.391 e. The van der Waals surface area contributed by atoms with Crippen LogP contribution in [0, 0.1) is 11.3 Å². The second-order valence-electron chi connectivity index (χ2n) is 5.10. The number of hydrogen-bond donors (Lipinski definition) is 2. The third-order valence-corrected chi connectivity index (χ3v) is 4.23. The van der Waals surface area contributed by atoms with Gasteiger partial charge in [-0.15, -0.1) is 11.3 Å². The maximum atomic E-state index is 12.3. The highest BCUT2D eigenvalue weighted by Crippen LogP contribution is 2.22. The Morgan fingerprint density at radius 1 is 1.39 bits per heavy atom. The molecule has 0 fully saturated rings. The first-order chi connectivity index (χ1) is 11.1. The molecule has 1 heterocycles. The first kappa shape index (κ1) is 17.0. The molecule has 0 saturated heterocycles. The first-order valence-corrected chi connectivity index (χ1v) is 8.27. The minimum absolute atomic E-state index is 0.115. The van der Waals surface area contributed by atoms with Gasteiger partial charge >= 0.3 is 0 Å². The van der Waals surface area contributed by atoms with Crippen LogP contribution in [-0.4, -0.2) is 30.2 Å². The number of amides is 1. The molecule has 0 radical (unpaired) electrons. The summed E-state index contributed by atoms with van der Waals surface area (Å²) < 4.78 is 0. The van der Waals surface area contributed by atoms with Crippen molar-refractivity contribution in [2.75, 3.05) is 23.3 Å². The van der Waals surface area contributed by atoms with Crippen LogP contribution in [0.15, 0.2) is 41.8 Å². The number of rotatable bonds is 7. The van der Waals surface area contributed by atoms with Gasteiger partial charge in [-0.05, 0) is 30.0 Å². The number of para-hydroxylation sites is 1. The zero-order valence-electron chi connectivity index (χ0n) is 12.9. The van der Waals surface area contributed by atoms with Crippen LogP contribution in [0.1, 0.15) is 18.9 Å². The molecule has 0 spiro atoms. The third kappa shape index (κ3) is 4.81. The Kier molecular flexibility index (Phi) is 6.15. The SMILES string of the molecule is CC[C@H](O)CN(CC(=O)Nc1sccc1C#N)c1ccccc1. The fourth-order valence-electron chi connectivity index (χ4n) is 2.12. The topological polar surface area (TPSA) is 76.4 Å². The number of anilines is 2. The van der Waals surface area contributed by atoms with Gasteiger partial charge in [0, 0.05) is 12.2 Å². The molecule has 0 bridgehead atoms. The molecule has 120 valence electrons. The van der Waals surface area contributed by atoms with Gasteiger partial charge in [0.2, 0.25) is 5.91 Å². The molecule has 1 amide bonds. The molecule has 6 heteroatoms. The molecular weight excluding hydrogens is 310 g/mol. The second kappa shape index (κ2) is 8.32. The number of carbonyl (C=O) groups excluding carboxylic acids is 1. The molecule has 1 atom stereocenters. The minimum Gasteiger partial charge on any atom is -0.391 e. The predicted octanol–water partition coefficient (Wildman–Crippen LogP) is 2.84. The highest BCUT2D eigenvalue weighted by atomic mass is 32.1. The Bertz CT molecular complexity index is 679. The van der Waals surface area contributed by atoms with Crippen LogP contribution >= 0.6 is 11.3 Å². The number of nitriles is 1. The summed E-state index contributed by atoms with van der Waals surface area (Å²) in [5, 5.41) is 24.0. The fourth-order valence-corrected chi connectivity index (χ4v) is 2.87. The number of nitrogens with zero attached hydrogens (tertiary/aromatic N) is 2. The van der Waals surface area contributed by atoms with E-state index in [0.29, 0.717) is 23.5 Å². The maximum Gasteiger partial charge on any atom is 0.244 e. The van der Waals surface area contributed by atoms with Crippen LogP contribution in [0.25, 0.3) is 0 Å². The van der Waals surface area contributed by atoms with E-state index in [-0.39, 0.29) is 12.5 Å². The zero-order chi connectivity index (χ0) is 16.7. The van der Waals surface area contributed by atoms with Crippen molar-refractivity contribution in [1.29, 1.82) is 5.26 Å². The van der Waals surface area contributed by atoms with Gasteiger partial charge in [0.05, 0.1) is 18.2 Å². The summed E-state index contributed by atoms with van der Waals surface area (Å²) in [5.74, 6) is -0.212. The van der Waals surface area contributed by atoms with Crippen LogP contribution in [0.2, 0.25) is 0 Å².